The van der Waals surface area contributed by atoms with Crippen molar-refractivity contribution in [2.24, 2.45) is 12.0 Å². The highest BCUT2D eigenvalue weighted by Gasteiger charge is 2.11. The summed E-state index contributed by atoms with van der Waals surface area (Å²) in [6, 6.07) is 12.6. The molecule has 0 saturated carbocycles. The molecular weight excluding hydrogens is 358 g/mol. The number of benzene rings is 2. The maximum absolute atomic E-state index is 12.2. The smallest absolute Gasteiger partial charge is 0.271 e. The molecule has 128 valence electrons. The first-order valence-electron chi connectivity index (χ1n) is 7.45. The van der Waals surface area contributed by atoms with Crippen LogP contribution in [0.15, 0.2) is 52.4 Å². The summed E-state index contributed by atoms with van der Waals surface area (Å²) in [6.07, 6.45) is 0. The minimum absolute atomic E-state index is 0.0219. The summed E-state index contributed by atoms with van der Waals surface area (Å²) in [4.78, 5) is 28.3. The van der Waals surface area contributed by atoms with Crippen molar-refractivity contribution in [3.05, 3.63) is 62.9 Å². The zero-order valence-corrected chi connectivity index (χ0v) is 15.3. The average molecular weight is 373 g/mol. The van der Waals surface area contributed by atoms with E-state index in [2.05, 4.69) is 4.99 Å². The lowest BCUT2D eigenvalue weighted by molar-refractivity contribution is -0.384. The number of non-ortho nitro benzene ring substituents is 1. The number of rotatable bonds is 4. The molecule has 2 aromatic carbocycles. The highest BCUT2D eigenvalue weighted by Crippen LogP contribution is 2.22. The molecular formula is C17H15N3O3S2. The number of carbonyl (C=O) groups is 1. The number of nitrogens with zero attached hydrogens (tertiary/aromatic N) is 3. The van der Waals surface area contributed by atoms with E-state index in [0.717, 1.165) is 9.60 Å². The Kier molecular flexibility index (Phi) is 5.00. The highest BCUT2D eigenvalue weighted by atomic mass is 32.2. The van der Waals surface area contributed by atoms with Crippen LogP contribution >= 0.6 is 23.1 Å². The van der Waals surface area contributed by atoms with Crippen molar-refractivity contribution in [1.29, 1.82) is 0 Å². The first-order valence-corrected chi connectivity index (χ1v) is 9.25. The summed E-state index contributed by atoms with van der Waals surface area (Å²) >= 11 is 2.78. The SMILES string of the molecule is Cc1ccc(SCC(=O)N=c2sc3ccc([N+](=O)[O-])cc3n2C)cc1. The molecule has 0 aliphatic heterocycles. The van der Waals surface area contributed by atoms with Gasteiger partial charge in [0.25, 0.3) is 11.6 Å². The van der Waals surface area contributed by atoms with Crippen molar-refractivity contribution in [2.75, 3.05) is 5.75 Å². The van der Waals surface area contributed by atoms with Gasteiger partial charge < -0.3 is 4.57 Å². The number of fused-ring (bicyclic) bond motifs is 1. The van der Waals surface area contributed by atoms with Gasteiger partial charge in [-0.15, -0.1) is 11.8 Å². The first kappa shape index (κ1) is 17.4. The topological polar surface area (TPSA) is 77.5 Å². The Morgan fingerprint density at radius 1 is 1.28 bits per heavy atom. The molecule has 0 atom stereocenters. The normalized spacial score (nSPS) is 11.8. The molecule has 0 saturated heterocycles. The van der Waals surface area contributed by atoms with Crippen LogP contribution in [0.25, 0.3) is 10.2 Å². The number of thiazole rings is 1. The van der Waals surface area contributed by atoms with Crippen molar-refractivity contribution in [3.63, 3.8) is 0 Å². The molecule has 1 aromatic heterocycles. The second-order valence-corrected chi connectivity index (χ2v) is 7.52. The predicted octanol–water partition coefficient (Wildman–Crippen LogP) is 3.68. The van der Waals surface area contributed by atoms with Crippen LogP contribution in [0.1, 0.15) is 5.56 Å². The van der Waals surface area contributed by atoms with Crippen molar-refractivity contribution >= 4 is 44.9 Å². The molecule has 1 heterocycles. The van der Waals surface area contributed by atoms with Crippen LogP contribution in [0.3, 0.4) is 0 Å². The van der Waals surface area contributed by atoms with Crippen molar-refractivity contribution in [1.82, 2.24) is 4.57 Å². The lowest BCUT2D eigenvalue weighted by Gasteiger charge is -1.99. The van der Waals surface area contributed by atoms with E-state index in [1.807, 2.05) is 31.2 Å². The summed E-state index contributed by atoms with van der Waals surface area (Å²) in [7, 11) is 1.75. The molecule has 0 aliphatic rings. The van der Waals surface area contributed by atoms with Crippen molar-refractivity contribution in [3.8, 4) is 0 Å². The Hall–Kier alpha value is -2.45. The van der Waals surface area contributed by atoms with E-state index < -0.39 is 4.92 Å². The molecule has 0 bridgehead atoms. The van der Waals surface area contributed by atoms with Gasteiger partial charge in [-0.2, -0.15) is 4.99 Å². The number of hydrogen-bond donors (Lipinski definition) is 0. The zero-order chi connectivity index (χ0) is 18.0. The monoisotopic (exact) mass is 373 g/mol. The van der Waals surface area contributed by atoms with E-state index in [-0.39, 0.29) is 17.3 Å². The number of hydrogen-bond acceptors (Lipinski definition) is 5. The van der Waals surface area contributed by atoms with Gasteiger partial charge in [0.05, 0.1) is 20.9 Å². The Bertz CT molecular complexity index is 1020. The maximum atomic E-state index is 12.2. The van der Waals surface area contributed by atoms with E-state index in [9.17, 15) is 14.9 Å². The Balaban J connectivity index is 1.82. The molecule has 8 heteroatoms. The van der Waals surface area contributed by atoms with Gasteiger partial charge >= 0.3 is 0 Å². The number of amides is 1. The van der Waals surface area contributed by atoms with E-state index in [1.54, 1.807) is 17.7 Å². The summed E-state index contributed by atoms with van der Waals surface area (Å²) in [5.41, 5.74) is 1.89. The number of aryl methyl sites for hydroxylation is 2. The quantitative estimate of drug-likeness (QED) is 0.397. The molecule has 6 nitrogen and oxygen atoms in total. The standard InChI is InChI=1S/C17H15N3O3S2/c1-11-3-6-13(7-4-11)24-10-16(21)18-17-19(2)14-9-12(20(22)23)5-8-15(14)25-17/h3-9H,10H2,1-2H3. The fourth-order valence-corrected chi connectivity index (χ4v) is 3.95. The number of thioether (sulfide) groups is 1. The molecule has 0 aliphatic carbocycles. The third kappa shape index (κ3) is 3.97. The highest BCUT2D eigenvalue weighted by molar-refractivity contribution is 8.00. The van der Waals surface area contributed by atoms with E-state index in [0.29, 0.717) is 10.3 Å². The molecule has 3 aromatic rings. The van der Waals surface area contributed by atoms with Crippen LogP contribution < -0.4 is 4.80 Å². The lowest BCUT2D eigenvalue weighted by atomic mass is 10.2. The van der Waals surface area contributed by atoms with E-state index in [1.165, 1.54) is 40.8 Å². The molecule has 25 heavy (non-hydrogen) atoms. The fraction of sp³-hybridized carbons (Fsp3) is 0.176. The van der Waals surface area contributed by atoms with Gasteiger partial charge in [-0.3, -0.25) is 14.9 Å². The largest absolute Gasteiger partial charge is 0.319 e. The molecule has 0 N–H and O–H groups in total. The molecule has 0 fully saturated rings. The molecule has 1 amide bonds. The molecule has 0 radical (unpaired) electrons. The molecule has 0 unspecified atom stereocenters. The second kappa shape index (κ2) is 7.20. The maximum Gasteiger partial charge on any atom is 0.271 e. The van der Waals surface area contributed by atoms with Gasteiger partial charge in [-0.25, -0.2) is 0 Å². The summed E-state index contributed by atoms with van der Waals surface area (Å²) < 4.78 is 2.56. The number of aromatic nitrogens is 1. The predicted molar refractivity (Wildman–Crippen MR) is 99.9 cm³/mol. The Morgan fingerprint density at radius 2 is 2.00 bits per heavy atom. The number of nitro benzene ring substituents is 1. The van der Waals surface area contributed by atoms with E-state index >= 15 is 0 Å². The van der Waals surface area contributed by atoms with Crippen LogP contribution in [-0.2, 0) is 11.8 Å². The third-order valence-electron chi connectivity index (χ3n) is 3.61. The zero-order valence-electron chi connectivity index (χ0n) is 13.6. The number of nitro groups is 1. The first-order chi connectivity index (χ1) is 11.9. The van der Waals surface area contributed by atoms with Crippen LogP contribution in [0.5, 0.6) is 0 Å². The van der Waals surface area contributed by atoms with Crippen LogP contribution in [0, 0.1) is 17.0 Å². The van der Waals surface area contributed by atoms with Crippen molar-refractivity contribution in [2.45, 2.75) is 11.8 Å². The van der Waals surface area contributed by atoms with Gasteiger partial charge in [-0.1, -0.05) is 29.0 Å². The van der Waals surface area contributed by atoms with Gasteiger partial charge in [0.2, 0.25) is 0 Å². The Morgan fingerprint density at radius 3 is 2.68 bits per heavy atom. The molecule has 3 rings (SSSR count). The Labute approximate surface area is 152 Å². The minimum Gasteiger partial charge on any atom is -0.319 e. The van der Waals surface area contributed by atoms with Gasteiger partial charge in [0, 0.05) is 24.1 Å². The van der Waals surface area contributed by atoms with E-state index in [4.69, 9.17) is 0 Å². The van der Waals surface area contributed by atoms with Gasteiger partial charge in [0.1, 0.15) is 0 Å². The summed E-state index contributed by atoms with van der Waals surface area (Å²) in [5.74, 6) is 0.0134. The number of carbonyl (C=O) groups excluding carboxylic acids is 1. The average Bonchev–Trinajstić information content (AvgIpc) is 2.90. The minimum atomic E-state index is -0.433. The van der Waals surface area contributed by atoms with Crippen LogP contribution in [-0.4, -0.2) is 21.2 Å². The van der Waals surface area contributed by atoms with Crippen LogP contribution in [0.2, 0.25) is 0 Å². The summed E-state index contributed by atoms with van der Waals surface area (Å²) in [5, 5.41) is 10.9. The van der Waals surface area contributed by atoms with Crippen LogP contribution in [0.4, 0.5) is 5.69 Å². The summed E-state index contributed by atoms with van der Waals surface area (Å²) in [6.45, 7) is 2.01. The van der Waals surface area contributed by atoms with Gasteiger partial charge in [-0.05, 0) is 25.1 Å². The third-order valence-corrected chi connectivity index (χ3v) is 5.72. The fourth-order valence-electron chi connectivity index (χ4n) is 2.25. The second-order valence-electron chi connectivity index (χ2n) is 5.46. The lowest BCUT2D eigenvalue weighted by Crippen LogP contribution is -2.14. The van der Waals surface area contributed by atoms with Crippen molar-refractivity contribution < 1.29 is 9.72 Å². The van der Waals surface area contributed by atoms with Gasteiger partial charge in [0.15, 0.2) is 4.80 Å². The molecule has 0 spiro atoms.